The highest BCUT2D eigenvalue weighted by Crippen LogP contribution is 2.29. The molecule has 0 saturated heterocycles. The van der Waals surface area contributed by atoms with Crippen LogP contribution in [-0.2, 0) is 11.2 Å². The highest BCUT2D eigenvalue weighted by atomic mass is 19.1. The molecule has 0 aliphatic carbocycles. The molecule has 20 heavy (non-hydrogen) atoms. The third-order valence-electron chi connectivity index (χ3n) is 3.06. The molecule has 1 N–H and O–H groups in total. The second-order valence-corrected chi connectivity index (χ2v) is 4.42. The van der Waals surface area contributed by atoms with Crippen LogP contribution in [0.25, 0.3) is 0 Å². The van der Waals surface area contributed by atoms with Crippen LogP contribution in [0.4, 0.5) is 15.8 Å². The summed E-state index contributed by atoms with van der Waals surface area (Å²) < 4.78 is 13.4. The number of anilines is 2. The summed E-state index contributed by atoms with van der Waals surface area (Å²) in [6, 6.07) is 13.9. The van der Waals surface area contributed by atoms with Crippen molar-refractivity contribution in [3.8, 4) is 0 Å². The second-order valence-electron chi connectivity index (χ2n) is 4.42. The molecule has 4 heteroatoms. The number of carbonyl (C=O) groups is 1. The maximum atomic E-state index is 13.4. The Labute approximate surface area is 117 Å². The van der Waals surface area contributed by atoms with E-state index in [0.717, 1.165) is 11.4 Å². The number of hydrogen-bond acceptors (Lipinski definition) is 2. The standard InChI is InChI=1S/C16H16FNO2/c1-2-18(14-6-4-3-5-7-14)15-9-8-13(17)10-12(15)11-16(19)20/h3-10H,2,11H2,1H3,(H,19,20). The Morgan fingerprint density at radius 1 is 1.20 bits per heavy atom. The highest BCUT2D eigenvalue weighted by molar-refractivity contribution is 5.76. The summed E-state index contributed by atoms with van der Waals surface area (Å²) in [5.41, 5.74) is 2.15. The Bertz CT molecular complexity index is 599. The van der Waals surface area contributed by atoms with E-state index in [4.69, 9.17) is 5.11 Å². The number of para-hydroxylation sites is 1. The van der Waals surface area contributed by atoms with Crippen LogP contribution in [0.1, 0.15) is 12.5 Å². The number of benzene rings is 2. The number of nitrogens with zero attached hydrogens (tertiary/aromatic N) is 1. The molecule has 0 spiro atoms. The lowest BCUT2D eigenvalue weighted by Gasteiger charge is -2.25. The Hall–Kier alpha value is -2.36. The predicted molar refractivity (Wildman–Crippen MR) is 76.9 cm³/mol. The van der Waals surface area contributed by atoms with Gasteiger partial charge in [-0.25, -0.2) is 4.39 Å². The molecular weight excluding hydrogens is 257 g/mol. The maximum Gasteiger partial charge on any atom is 0.307 e. The highest BCUT2D eigenvalue weighted by Gasteiger charge is 2.14. The van der Waals surface area contributed by atoms with Crippen LogP contribution in [-0.4, -0.2) is 17.6 Å². The molecule has 0 fully saturated rings. The molecule has 0 amide bonds. The van der Waals surface area contributed by atoms with Crippen molar-refractivity contribution in [2.75, 3.05) is 11.4 Å². The fourth-order valence-corrected chi connectivity index (χ4v) is 2.22. The molecule has 0 aromatic heterocycles. The van der Waals surface area contributed by atoms with E-state index in [1.165, 1.54) is 12.1 Å². The largest absolute Gasteiger partial charge is 0.481 e. The summed E-state index contributed by atoms with van der Waals surface area (Å²) >= 11 is 0. The fraction of sp³-hybridized carbons (Fsp3) is 0.188. The van der Waals surface area contributed by atoms with Crippen molar-refractivity contribution in [3.63, 3.8) is 0 Å². The lowest BCUT2D eigenvalue weighted by molar-refractivity contribution is -0.136. The minimum absolute atomic E-state index is 0.198. The predicted octanol–water partition coefficient (Wildman–Crippen LogP) is 3.61. The lowest BCUT2D eigenvalue weighted by atomic mass is 10.1. The summed E-state index contributed by atoms with van der Waals surface area (Å²) in [5.74, 6) is -1.39. The Balaban J connectivity index is 2.46. The minimum Gasteiger partial charge on any atom is -0.481 e. The van der Waals surface area contributed by atoms with E-state index in [-0.39, 0.29) is 6.42 Å². The van der Waals surface area contributed by atoms with Gasteiger partial charge in [-0.1, -0.05) is 18.2 Å². The van der Waals surface area contributed by atoms with Gasteiger partial charge in [0, 0.05) is 17.9 Å². The molecule has 0 aliphatic heterocycles. The normalized spacial score (nSPS) is 10.3. The number of aliphatic carboxylic acids is 1. The fourth-order valence-electron chi connectivity index (χ4n) is 2.22. The van der Waals surface area contributed by atoms with Crippen LogP contribution in [0, 0.1) is 5.82 Å². The van der Waals surface area contributed by atoms with Gasteiger partial charge in [0.05, 0.1) is 6.42 Å². The molecule has 0 heterocycles. The van der Waals surface area contributed by atoms with Crippen molar-refractivity contribution in [1.29, 1.82) is 0 Å². The van der Waals surface area contributed by atoms with E-state index in [2.05, 4.69) is 0 Å². The van der Waals surface area contributed by atoms with E-state index < -0.39 is 11.8 Å². The average molecular weight is 273 g/mol. The van der Waals surface area contributed by atoms with Crippen molar-refractivity contribution in [3.05, 3.63) is 59.9 Å². The van der Waals surface area contributed by atoms with E-state index >= 15 is 0 Å². The zero-order valence-electron chi connectivity index (χ0n) is 11.2. The van der Waals surface area contributed by atoms with Gasteiger partial charge in [-0.3, -0.25) is 4.79 Å². The van der Waals surface area contributed by atoms with Gasteiger partial charge in [-0.15, -0.1) is 0 Å². The van der Waals surface area contributed by atoms with Crippen LogP contribution in [0.5, 0.6) is 0 Å². The summed E-state index contributed by atoms with van der Waals surface area (Å²) in [6.07, 6.45) is -0.198. The van der Waals surface area contributed by atoms with Gasteiger partial charge in [0.25, 0.3) is 0 Å². The van der Waals surface area contributed by atoms with Gasteiger partial charge in [-0.2, -0.15) is 0 Å². The summed E-state index contributed by atoms with van der Waals surface area (Å²) in [7, 11) is 0. The number of rotatable bonds is 5. The molecule has 0 aliphatic rings. The number of hydrogen-bond donors (Lipinski definition) is 1. The average Bonchev–Trinajstić information content (AvgIpc) is 2.42. The first-order chi connectivity index (χ1) is 9.61. The van der Waals surface area contributed by atoms with Crippen molar-refractivity contribution in [2.45, 2.75) is 13.3 Å². The van der Waals surface area contributed by atoms with E-state index in [9.17, 15) is 9.18 Å². The zero-order chi connectivity index (χ0) is 14.5. The number of carboxylic acid groups (broad SMARTS) is 1. The quantitative estimate of drug-likeness (QED) is 0.904. The molecule has 0 radical (unpaired) electrons. The van der Waals surface area contributed by atoms with Gasteiger partial charge in [0.15, 0.2) is 0 Å². The maximum absolute atomic E-state index is 13.4. The van der Waals surface area contributed by atoms with Gasteiger partial charge in [-0.05, 0) is 42.8 Å². The Morgan fingerprint density at radius 3 is 2.50 bits per heavy atom. The molecule has 0 unspecified atom stereocenters. The number of halogens is 1. The lowest BCUT2D eigenvalue weighted by Crippen LogP contribution is -2.18. The summed E-state index contributed by atoms with van der Waals surface area (Å²) in [5, 5.41) is 8.97. The van der Waals surface area contributed by atoms with Gasteiger partial charge >= 0.3 is 5.97 Å². The molecule has 0 saturated carbocycles. The van der Waals surface area contributed by atoms with Crippen LogP contribution in [0.3, 0.4) is 0 Å². The SMILES string of the molecule is CCN(c1ccccc1)c1ccc(F)cc1CC(=O)O. The van der Waals surface area contributed by atoms with E-state index in [0.29, 0.717) is 12.1 Å². The van der Waals surface area contributed by atoms with Crippen molar-refractivity contribution in [2.24, 2.45) is 0 Å². The third-order valence-corrected chi connectivity index (χ3v) is 3.06. The Kier molecular flexibility index (Phi) is 4.35. The summed E-state index contributed by atoms with van der Waals surface area (Å²) in [6.45, 7) is 2.64. The molecule has 2 aromatic carbocycles. The van der Waals surface area contributed by atoms with E-state index in [1.54, 1.807) is 6.07 Å². The molecule has 3 nitrogen and oxygen atoms in total. The molecule has 0 bridgehead atoms. The third kappa shape index (κ3) is 3.15. The monoisotopic (exact) mass is 273 g/mol. The van der Waals surface area contributed by atoms with Gasteiger partial charge in [0.2, 0.25) is 0 Å². The minimum atomic E-state index is -0.971. The topological polar surface area (TPSA) is 40.5 Å². The zero-order valence-corrected chi connectivity index (χ0v) is 11.2. The van der Waals surface area contributed by atoms with Crippen molar-refractivity contribution < 1.29 is 14.3 Å². The summed E-state index contributed by atoms with van der Waals surface area (Å²) in [4.78, 5) is 12.9. The number of carboxylic acids is 1. The van der Waals surface area contributed by atoms with Gasteiger partial charge in [0.1, 0.15) is 5.82 Å². The smallest absolute Gasteiger partial charge is 0.307 e. The molecular formula is C16H16FNO2. The van der Waals surface area contributed by atoms with Crippen LogP contribution >= 0.6 is 0 Å². The first-order valence-electron chi connectivity index (χ1n) is 6.44. The van der Waals surface area contributed by atoms with Crippen molar-refractivity contribution in [1.82, 2.24) is 0 Å². The van der Waals surface area contributed by atoms with Crippen LogP contribution in [0.15, 0.2) is 48.5 Å². The first kappa shape index (κ1) is 14.1. The Morgan fingerprint density at radius 2 is 1.90 bits per heavy atom. The van der Waals surface area contributed by atoms with Crippen LogP contribution in [0.2, 0.25) is 0 Å². The second kappa shape index (κ2) is 6.19. The van der Waals surface area contributed by atoms with Crippen LogP contribution < -0.4 is 4.90 Å². The van der Waals surface area contributed by atoms with Crippen molar-refractivity contribution >= 4 is 17.3 Å². The van der Waals surface area contributed by atoms with E-state index in [1.807, 2.05) is 42.2 Å². The first-order valence-corrected chi connectivity index (χ1v) is 6.44. The molecule has 2 aromatic rings. The molecule has 104 valence electrons. The van der Waals surface area contributed by atoms with Gasteiger partial charge < -0.3 is 10.0 Å². The molecule has 0 atom stereocenters. The molecule has 2 rings (SSSR count).